The van der Waals surface area contributed by atoms with Gasteiger partial charge in [-0.15, -0.1) is 0 Å². The summed E-state index contributed by atoms with van der Waals surface area (Å²) in [7, 11) is 0. The molecule has 0 bridgehead atoms. The van der Waals surface area contributed by atoms with Gasteiger partial charge < -0.3 is 4.42 Å². The molecule has 0 saturated carbocycles. The first-order valence-corrected chi connectivity index (χ1v) is 15.5. The van der Waals surface area contributed by atoms with Gasteiger partial charge in [0.15, 0.2) is 0 Å². The third-order valence-corrected chi connectivity index (χ3v) is 9.38. The minimum absolute atomic E-state index is 0.0980. The van der Waals surface area contributed by atoms with Gasteiger partial charge in [-0.3, -0.25) is 9.98 Å². The molecule has 2 unspecified atom stereocenters. The Morgan fingerprint density at radius 3 is 2.47 bits per heavy atom. The van der Waals surface area contributed by atoms with E-state index in [0.29, 0.717) is 0 Å². The lowest BCUT2D eigenvalue weighted by molar-refractivity contribution is 0.489. The Morgan fingerprint density at radius 2 is 1.70 bits per heavy atom. The average Bonchev–Trinajstić information content (AvgIpc) is 3.36. The van der Waals surface area contributed by atoms with E-state index in [4.69, 9.17) is 14.4 Å². The third-order valence-electron chi connectivity index (χ3n) is 9.38. The summed E-state index contributed by atoms with van der Waals surface area (Å²) < 4.78 is 6.80. The number of allylic oxidation sites excluding steroid dienone is 1. The third kappa shape index (κ3) is 4.59. The number of aliphatic imine (C=N–C) groups is 2. The topological polar surface area (TPSA) is 37.9 Å². The monoisotopic (exact) mass is 562 g/mol. The largest absolute Gasteiger partial charge is 0.455 e. The van der Waals surface area contributed by atoms with E-state index in [1.54, 1.807) is 0 Å². The molecule has 0 amide bonds. The van der Waals surface area contributed by atoms with Crippen LogP contribution in [0.25, 0.3) is 33.1 Å². The molecule has 5 aromatic rings. The molecule has 0 spiro atoms. The minimum Gasteiger partial charge on any atom is -0.455 e. The Hall–Kier alpha value is -4.50. The summed E-state index contributed by atoms with van der Waals surface area (Å²) in [6, 6.07) is 24.5. The van der Waals surface area contributed by atoms with Crippen molar-refractivity contribution in [3.8, 4) is 11.1 Å². The van der Waals surface area contributed by atoms with Crippen LogP contribution in [0.2, 0.25) is 0 Å². The Balaban J connectivity index is 1.38. The molecule has 0 fully saturated rings. The van der Waals surface area contributed by atoms with E-state index in [1.807, 2.05) is 6.08 Å². The van der Waals surface area contributed by atoms with E-state index in [2.05, 4.69) is 108 Å². The van der Waals surface area contributed by atoms with Crippen LogP contribution in [0.3, 0.4) is 0 Å². The molecule has 0 N–H and O–H groups in total. The number of hydrogen-bond donors (Lipinski definition) is 0. The van der Waals surface area contributed by atoms with E-state index >= 15 is 0 Å². The van der Waals surface area contributed by atoms with E-state index in [9.17, 15) is 0 Å². The number of aryl methyl sites for hydroxylation is 4. The van der Waals surface area contributed by atoms with Crippen molar-refractivity contribution < 1.29 is 4.42 Å². The highest BCUT2D eigenvalue weighted by atomic mass is 16.3. The van der Waals surface area contributed by atoms with Gasteiger partial charge in [0.25, 0.3) is 0 Å². The highest BCUT2D eigenvalue weighted by molar-refractivity contribution is 6.17. The van der Waals surface area contributed by atoms with Crippen LogP contribution in [0.1, 0.15) is 71.0 Å². The second-order valence-electron chi connectivity index (χ2n) is 12.3. The van der Waals surface area contributed by atoms with Crippen molar-refractivity contribution in [3.05, 3.63) is 131 Å². The molecule has 2 aliphatic rings. The standard InChI is InChI=1S/C40H38N2O/c1-7-34-30-12-10-9-11-29(30)31-16-13-27-14-18-33-32-17-15-28(38-24(4)19-23(3)20-25(38)5)22-37(32)43-40(33)39(27)35(8-2)41-26(6)21-36(31)42-34/h7,9-12,14-15,17-20,22,31,36H,1,6,8,13,16,21H2,2-5H3. The Labute approximate surface area is 254 Å². The van der Waals surface area contributed by atoms with Gasteiger partial charge in [-0.2, -0.15) is 0 Å². The quantitative estimate of drug-likeness (QED) is 0.215. The summed E-state index contributed by atoms with van der Waals surface area (Å²) in [5, 5.41) is 2.28. The average molecular weight is 563 g/mol. The maximum atomic E-state index is 6.80. The molecule has 0 radical (unpaired) electrons. The Morgan fingerprint density at radius 1 is 0.930 bits per heavy atom. The predicted molar refractivity (Wildman–Crippen MR) is 182 cm³/mol. The molecule has 3 heteroatoms. The van der Waals surface area contributed by atoms with E-state index < -0.39 is 0 Å². The fourth-order valence-electron chi connectivity index (χ4n) is 7.59. The smallest absolute Gasteiger partial charge is 0.144 e. The number of benzene rings is 4. The Kier molecular flexibility index (Phi) is 6.77. The zero-order valence-corrected chi connectivity index (χ0v) is 25.6. The maximum absolute atomic E-state index is 6.80. The molecule has 0 aliphatic carbocycles. The van der Waals surface area contributed by atoms with Crippen molar-refractivity contribution in [3.63, 3.8) is 0 Å². The normalized spacial score (nSPS) is 18.5. The molecule has 4 aromatic carbocycles. The van der Waals surface area contributed by atoms with Gasteiger partial charge in [-0.1, -0.05) is 80.2 Å². The molecule has 0 saturated heterocycles. The fourth-order valence-corrected chi connectivity index (χ4v) is 7.59. The van der Waals surface area contributed by atoms with Crippen molar-refractivity contribution in [2.24, 2.45) is 9.98 Å². The first-order chi connectivity index (χ1) is 20.9. The van der Waals surface area contributed by atoms with E-state index in [-0.39, 0.29) is 12.0 Å². The van der Waals surface area contributed by atoms with Crippen LogP contribution < -0.4 is 0 Å². The lowest BCUT2D eigenvalue weighted by Gasteiger charge is -2.32. The van der Waals surface area contributed by atoms with Gasteiger partial charge in [-0.05, 0) is 91.6 Å². The summed E-state index contributed by atoms with van der Waals surface area (Å²) in [5.41, 5.74) is 16.0. The van der Waals surface area contributed by atoms with Crippen LogP contribution in [0.4, 0.5) is 0 Å². The van der Waals surface area contributed by atoms with Gasteiger partial charge in [0.1, 0.15) is 11.2 Å². The maximum Gasteiger partial charge on any atom is 0.144 e. The molecule has 3 heterocycles. The molecule has 214 valence electrons. The predicted octanol–water partition coefficient (Wildman–Crippen LogP) is 10.4. The zero-order chi connectivity index (χ0) is 29.8. The highest BCUT2D eigenvalue weighted by Gasteiger charge is 2.32. The van der Waals surface area contributed by atoms with Crippen molar-refractivity contribution >= 4 is 33.4 Å². The first kappa shape index (κ1) is 27.3. The lowest BCUT2D eigenvalue weighted by atomic mass is 9.78. The number of rotatable bonds is 3. The van der Waals surface area contributed by atoms with E-state index in [0.717, 1.165) is 70.3 Å². The van der Waals surface area contributed by atoms with E-state index in [1.165, 1.54) is 44.5 Å². The van der Waals surface area contributed by atoms with Crippen LogP contribution in [0, 0.1) is 20.8 Å². The summed E-state index contributed by atoms with van der Waals surface area (Å²) >= 11 is 0. The number of nitrogens with zero attached hydrogens (tertiary/aromatic N) is 2. The SMILES string of the molecule is C=CC1=NC2CC(=C)N=C(CC)c3c(ccc4c3oc3cc(-c5c(C)cc(C)cc5C)ccc34)CCC2c2ccccc21. The number of fused-ring (bicyclic) bond motifs is 8. The minimum atomic E-state index is 0.0980. The van der Waals surface area contributed by atoms with Crippen LogP contribution in [-0.4, -0.2) is 17.5 Å². The zero-order valence-electron chi connectivity index (χ0n) is 25.6. The summed E-state index contributed by atoms with van der Waals surface area (Å²) in [6.45, 7) is 17.2. The summed E-state index contributed by atoms with van der Waals surface area (Å²) in [4.78, 5) is 10.4. The van der Waals surface area contributed by atoms with Crippen LogP contribution in [0.5, 0.6) is 0 Å². The highest BCUT2D eigenvalue weighted by Crippen LogP contribution is 2.41. The molecular formula is C40H38N2O. The molecule has 1 aromatic heterocycles. The molecule has 3 nitrogen and oxygen atoms in total. The first-order valence-electron chi connectivity index (χ1n) is 15.5. The molecule has 43 heavy (non-hydrogen) atoms. The second kappa shape index (κ2) is 10.6. The van der Waals surface area contributed by atoms with Crippen molar-refractivity contribution in [1.82, 2.24) is 0 Å². The van der Waals surface area contributed by atoms with Gasteiger partial charge in [0, 0.05) is 39.9 Å². The molecule has 2 atom stereocenters. The van der Waals surface area contributed by atoms with Crippen LogP contribution >= 0.6 is 0 Å². The van der Waals surface area contributed by atoms with Crippen LogP contribution in [0.15, 0.2) is 106 Å². The summed E-state index contributed by atoms with van der Waals surface area (Å²) in [5.74, 6) is 0.290. The fraction of sp³-hybridized carbons (Fsp3) is 0.250. The number of hydrogen-bond acceptors (Lipinski definition) is 3. The van der Waals surface area contributed by atoms with Crippen molar-refractivity contribution in [1.29, 1.82) is 0 Å². The van der Waals surface area contributed by atoms with Gasteiger partial charge in [0.2, 0.25) is 0 Å². The second-order valence-corrected chi connectivity index (χ2v) is 12.3. The van der Waals surface area contributed by atoms with Gasteiger partial charge >= 0.3 is 0 Å². The summed E-state index contributed by atoms with van der Waals surface area (Å²) in [6.07, 6.45) is 5.33. The van der Waals surface area contributed by atoms with Crippen molar-refractivity contribution in [2.45, 2.75) is 65.3 Å². The van der Waals surface area contributed by atoms with Gasteiger partial charge in [-0.25, -0.2) is 0 Å². The molecule has 7 rings (SSSR count). The lowest BCUT2D eigenvalue weighted by Crippen LogP contribution is -2.27. The van der Waals surface area contributed by atoms with Crippen molar-refractivity contribution in [2.75, 3.05) is 0 Å². The molecule has 2 aliphatic heterocycles. The number of furan rings is 1. The van der Waals surface area contributed by atoms with Gasteiger partial charge in [0.05, 0.1) is 17.5 Å². The van der Waals surface area contributed by atoms with Crippen LogP contribution in [-0.2, 0) is 6.42 Å². The Bertz CT molecular complexity index is 1990. The molecular weight excluding hydrogens is 524 g/mol.